The van der Waals surface area contributed by atoms with Crippen LogP contribution in [0.3, 0.4) is 0 Å². The predicted molar refractivity (Wildman–Crippen MR) is 109 cm³/mol. The zero-order valence-electron chi connectivity index (χ0n) is 16.9. The molecule has 2 aliphatic heterocycles. The highest BCUT2D eigenvalue weighted by Gasteiger charge is 2.31. The summed E-state index contributed by atoms with van der Waals surface area (Å²) < 4.78 is 44.1. The van der Waals surface area contributed by atoms with Crippen LogP contribution in [0, 0.1) is 0 Å². The third kappa shape index (κ3) is 5.50. The molecule has 3 heterocycles. The van der Waals surface area contributed by atoms with Crippen LogP contribution in [0.25, 0.3) is 0 Å². The van der Waals surface area contributed by atoms with E-state index in [1.807, 2.05) is 11.0 Å². The molecular weight excluding hydrogens is 393 g/mol. The Balaban J connectivity index is 1.24. The number of morpholine rings is 1. The summed E-state index contributed by atoms with van der Waals surface area (Å²) >= 11 is 0. The molecule has 0 N–H and O–H groups in total. The first-order chi connectivity index (χ1) is 14.5. The number of piperazine rings is 1. The Morgan fingerprint density at radius 3 is 2.37 bits per heavy atom. The maximum absolute atomic E-state index is 12.7. The van der Waals surface area contributed by atoms with Gasteiger partial charge in [0, 0.05) is 58.6 Å². The van der Waals surface area contributed by atoms with E-state index in [2.05, 4.69) is 39.0 Å². The minimum absolute atomic E-state index is 0.179. The molecule has 162 valence electrons. The monoisotopic (exact) mass is 420 g/mol. The van der Waals surface area contributed by atoms with Gasteiger partial charge in [0.05, 0.1) is 18.3 Å². The smallest absolute Gasteiger partial charge is 0.374 e. The standard InChI is InChI=1S/C22H27F3N4O/c23-22(24,25)19-6-7-21(26-14-19)29-10-8-27(9-11-29)16-20-17-28(12-13-30-20)15-18-4-2-1-3-5-18/h1-7,14,20H,8-13,15-17H2/t20-/m0/s1. The minimum atomic E-state index is -4.35. The van der Waals surface area contributed by atoms with Crippen LogP contribution in [-0.2, 0) is 17.5 Å². The van der Waals surface area contributed by atoms with Gasteiger partial charge in [-0.15, -0.1) is 0 Å². The Morgan fingerprint density at radius 2 is 1.70 bits per heavy atom. The number of pyridine rings is 1. The summed E-state index contributed by atoms with van der Waals surface area (Å²) in [6.07, 6.45) is -3.25. The largest absolute Gasteiger partial charge is 0.417 e. The fraction of sp³-hybridized carbons (Fsp3) is 0.500. The number of alkyl halides is 3. The molecule has 0 radical (unpaired) electrons. The Morgan fingerprint density at radius 1 is 0.933 bits per heavy atom. The Hall–Kier alpha value is -2.16. The highest BCUT2D eigenvalue weighted by atomic mass is 19.4. The molecule has 0 bridgehead atoms. The lowest BCUT2D eigenvalue weighted by atomic mass is 10.1. The Labute approximate surface area is 175 Å². The summed E-state index contributed by atoms with van der Waals surface area (Å²) in [6.45, 7) is 7.61. The maximum Gasteiger partial charge on any atom is 0.417 e. The van der Waals surface area contributed by atoms with Crippen molar-refractivity contribution < 1.29 is 17.9 Å². The molecule has 1 aromatic heterocycles. The average molecular weight is 420 g/mol. The van der Waals surface area contributed by atoms with E-state index in [1.54, 1.807) is 0 Å². The lowest BCUT2D eigenvalue weighted by Gasteiger charge is -2.39. The number of rotatable bonds is 5. The van der Waals surface area contributed by atoms with Crippen molar-refractivity contribution in [2.24, 2.45) is 0 Å². The van der Waals surface area contributed by atoms with Gasteiger partial charge in [-0.3, -0.25) is 9.80 Å². The third-order valence-electron chi connectivity index (χ3n) is 5.71. The molecule has 2 aliphatic rings. The van der Waals surface area contributed by atoms with Crippen molar-refractivity contribution in [2.45, 2.75) is 18.8 Å². The number of anilines is 1. The van der Waals surface area contributed by atoms with Gasteiger partial charge >= 0.3 is 6.18 Å². The topological polar surface area (TPSA) is 31.8 Å². The number of benzene rings is 1. The van der Waals surface area contributed by atoms with E-state index >= 15 is 0 Å². The number of aromatic nitrogens is 1. The van der Waals surface area contributed by atoms with E-state index < -0.39 is 11.7 Å². The van der Waals surface area contributed by atoms with Crippen molar-refractivity contribution in [2.75, 3.05) is 57.3 Å². The lowest BCUT2D eigenvalue weighted by molar-refractivity contribution is -0.137. The molecule has 0 saturated carbocycles. The second-order valence-electron chi connectivity index (χ2n) is 7.90. The molecule has 2 aromatic rings. The fourth-order valence-corrected chi connectivity index (χ4v) is 4.06. The van der Waals surface area contributed by atoms with Crippen LogP contribution in [0.15, 0.2) is 48.7 Å². The van der Waals surface area contributed by atoms with Gasteiger partial charge < -0.3 is 9.64 Å². The van der Waals surface area contributed by atoms with Crippen LogP contribution < -0.4 is 4.90 Å². The summed E-state index contributed by atoms with van der Waals surface area (Å²) in [5.41, 5.74) is 0.607. The SMILES string of the molecule is FC(F)(F)c1ccc(N2CCN(C[C@H]3CN(Cc4ccccc4)CCO3)CC2)nc1. The molecule has 0 amide bonds. The molecule has 4 rings (SSSR count). The van der Waals surface area contributed by atoms with Crippen molar-refractivity contribution in [1.29, 1.82) is 0 Å². The minimum Gasteiger partial charge on any atom is -0.374 e. The molecule has 1 aromatic carbocycles. The van der Waals surface area contributed by atoms with Crippen LogP contribution in [-0.4, -0.2) is 73.3 Å². The van der Waals surface area contributed by atoms with Crippen molar-refractivity contribution in [3.05, 3.63) is 59.8 Å². The molecule has 2 saturated heterocycles. The van der Waals surface area contributed by atoms with Gasteiger partial charge in [0.25, 0.3) is 0 Å². The van der Waals surface area contributed by atoms with Crippen molar-refractivity contribution >= 4 is 5.82 Å². The van der Waals surface area contributed by atoms with E-state index in [0.29, 0.717) is 5.82 Å². The summed E-state index contributed by atoms with van der Waals surface area (Å²) in [5, 5.41) is 0. The van der Waals surface area contributed by atoms with E-state index in [-0.39, 0.29) is 6.10 Å². The fourth-order valence-electron chi connectivity index (χ4n) is 4.06. The first-order valence-corrected chi connectivity index (χ1v) is 10.4. The number of ether oxygens (including phenoxy) is 1. The summed E-state index contributed by atoms with van der Waals surface area (Å²) in [5.74, 6) is 0.602. The highest BCUT2D eigenvalue weighted by molar-refractivity contribution is 5.40. The number of nitrogens with zero attached hydrogens (tertiary/aromatic N) is 4. The molecule has 1 atom stereocenters. The van der Waals surface area contributed by atoms with E-state index in [0.717, 1.165) is 71.2 Å². The maximum atomic E-state index is 12.7. The Bertz CT molecular complexity index is 792. The predicted octanol–water partition coefficient (Wildman–Crippen LogP) is 3.12. The molecule has 30 heavy (non-hydrogen) atoms. The van der Waals surface area contributed by atoms with Crippen molar-refractivity contribution in [3.8, 4) is 0 Å². The average Bonchev–Trinajstić information content (AvgIpc) is 2.75. The second-order valence-corrected chi connectivity index (χ2v) is 7.90. The van der Waals surface area contributed by atoms with Gasteiger partial charge in [-0.1, -0.05) is 30.3 Å². The summed E-state index contributed by atoms with van der Waals surface area (Å²) in [7, 11) is 0. The zero-order valence-corrected chi connectivity index (χ0v) is 16.9. The Kier molecular flexibility index (Phi) is 6.55. The van der Waals surface area contributed by atoms with Crippen LogP contribution >= 0.6 is 0 Å². The first kappa shape index (κ1) is 21.1. The van der Waals surface area contributed by atoms with Crippen LogP contribution in [0.5, 0.6) is 0 Å². The normalized spacial score (nSPS) is 21.7. The molecule has 0 spiro atoms. The van der Waals surface area contributed by atoms with E-state index in [9.17, 15) is 13.2 Å². The van der Waals surface area contributed by atoms with E-state index in [4.69, 9.17) is 4.74 Å². The summed E-state index contributed by atoms with van der Waals surface area (Å²) in [4.78, 5) is 10.9. The second kappa shape index (κ2) is 9.32. The summed E-state index contributed by atoms with van der Waals surface area (Å²) in [6, 6.07) is 13.0. The quantitative estimate of drug-likeness (QED) is 0.742. The molecule has 0 aliphatic carbocycles. The molecular formula is C22H27F3N4O. The van der Waals surface area contributed by atoms with Gasteiger partial charge in [-0.05, 0) is 17.7 Å². The number of hydrogen-bond acceptors (Lipinski definition) is 5. The van der Waals surface area contributed by atoms with Crippen LogP contribution in [0.1, 0.15) is 11.1 Å². The van der Waals surface area contributed by atoms with Crippen LogP contribution in [0.2, 0.25) is 0 Å². The van der Waals surface area contributed by atoms with Crippen LogP contribution in [0.4, 0.5) is 19.0 Å². The molecule has 8 heteroatoms. The third-order valence-corrected chi connectivity index (χ3v) is 5.71. The lowest BCUT2D eigenvalue weighted by Crippen LogP contribution is -2.52. The van der Waals surface area contributed by atoms with E-state index in [1.165, 1.54) is 11.6 Å². The number of hydrogen-bond donors (Lipinski definition) is 0. The zero-order chi connectivity index (χ0) is 21.0. The highest BCUT2D eigenvalue weighted by Crippen LogP contribution is 2.29. The molecule has 5 nitrogen and oxygen atoms in total. The number of halogens is 3. The van der Waals surface area contributed by atoms with Crippen molar-refractivity contribution in [3.63, 3.8) is 0 Å². The molecule has 2 fully saturated rings. The first-order valence-electron chi connectivity index (χ1n) is 10.4. The van der Waals surface area contributed by atoms with Gasteiger partial charge in [-0.25, -0.2) is 4.98 Å². The van der Waals surface area contributed by atoms with Gasteiger partial charge in [-0.2, -0.15) is 13.2 Å². The van der Waals surface area contributed by atoms with Gasteiger partial charge in [0.1, 0.15) is 5.82 Å². The molecule has 0 unspecified atom stereocenters. The van der Waals surface area contributed by atoms with Gasteiger partial charge in [0.2, 0.25) is 0 Å². The van der Waals surface area contributed by atoms with Crippen molar-refractivity contribution in [1.82, 2.24) is 14.8 Å². The van der Waals surface area contributed by atoms with Gasteiger partial charge in [0.15, 0.2) is 0 Å².